The number of unbranched alkanes of at least 4 members (excludes halogenated alkanes) is 3. The summed E-state index contributed by atoms with van der Waals surface area (Å²) in [6, 6.07) is 9.07. The van der Waals surface area contributed by atoms with Gasteiger partial charge in [0.2, 0.25) is 5.78 Å². The minimum absolute atomic E-state index is 0.0998. The van der Waals surface area contributed by atoms with Gasteiger partial charge in [-0.2, -0.15) is 0 Å². The van der Waals surface area contributed by atoms with Crippen LogP contribution in [0.25, 0.3) is 11.0 Å². The highest BCUT2D eigenvalue weighted by molar-refractivity contribution is 6.32. The zero-order chi connectivity index (χ0) is 21.4. The first-order valence-electron chi connectivity index (χ1n) is 10.9. The van der Waals surface area contributed by atoms with Gasteiger partial charge in [-0.3, -0.25) is 9.59 Å². The molecule has 0 saturated heterocycles. The molecule has 0 amide bonds. The zero-order valence-electron chi connectivity index (χ0n) is 18.1. The average molecular weight is 405 g/mol. The van der Waals surface area contributed by atoms with E-state index >= 15 is 0 Å². The van der Waals surface area contributed by atoms with Gasteiger partial charge >= 0.3 is 0 Å². The molecule has 0 N–H and O–H groups in total. The minimum Gasteiger partial charge on any atom is -0.490 e. The SMILES string of the molecule is CCCCCCc1cc2c(C)cc3c(c2o1)C(=O)c1c(OC(C)C)cccc1C3=O. The van der Waals surface area contributed by atoms with Crippen LogP contribution >= 0.6 is 0 Å². The molecule has 30 heavy (non-hydrogen) atoms. The number of hydrogen-bond acceptors (Lipinski definition) is 4. The fourth-order valence-corrected chi connectivity index (χ4v) is 4.24. The Labute approximate surface area is 177 Å². The Hall–Kier alpha value is -2.88. The Morgan fingerprint density at radius 3 is 2.50 bits per heavy atom. The standard InChI is InChI=1S/C26H28O4/c1-5-6-7-8-10-17-14-19-16(4)13-20-23(26(19)30-17)25(28)22-18(24(20)27)11-9-12-21(22)29-15(2)3/h9,11-15H,5-8,10H2,1-4H3. The minimum atomic E-state index is -0.201. The Kier molecular flexibility index (Phi) is 5.50. The van der Waals surface area contributed by atoms with E-state index < -0.39 is 0 Å². The van der Waals surface area contributed by atoms with E-state index in [2.05, 4.69) is 6.92 Å². The highest BCUT2D eigenvalue weighted by Gasteiger charge is 2.35. The van der Waals surface area contributed by atoms with Crippen molar-refractivity contribution in [3.8, 4) is 5.75 Å². The number of ketones is 2. The van der Waals surface area contributed by atoms with Gasteiger partial charge in [0.15, 0.2) is 5.78 Å². The Bertz CT molecular complexity index is 1130. The van der Waals surface area contributed by atoms with Crippen LogP contribution in [-0.4, -0.2) is 17.7 Å². The second-order valence-corrected chi connectivity index (χ2v) is 8.39. The molecular weight excluding hydrogens is 376 g/mol. The van der Waals surface area contributed by atoms with Gasteiger partial charge in [0, 0.05) is 22.9 Å². The van der Waals surface area contributed by atoms with Crippen LogP contribution in [0.4, 0.5) is 0 Å². The van der Waals surface area contributed by atoms with Crippen LogP contribution in [-0.2, 0) is 6.42 Å². The molecule has 0 aliphatic heterocycles. The lowest BCUT2D eigenvalue weighted by atomic mass is 9.82. The van der Waals surface area contributed by atoms with Gasteiger partial charge in [0.25, 0.3) is 0 Å². The smallest absolute Gasteiger partial charge is 0.202 e. The van der Waals surface area contributed by atoms with Gasteiger partial charge in [-0.1, -0.05) is 38.3 Å². The van der Waals surface area contributed by atoms with Crippen LogP contribution in [0, 0.1) is 6.92 Å². The predicted octanol–water partition coefficient (Wildman–Crippen LogP) is 6.43. The van der Waals surface area contributed by atoms with Crippen LogP contribution in [0.3, 0.4) is 0 Å². The molecule has 156 valence electrons. The molecule has 0 unspecified atom stereocenters. The molecule has 0 fully saturated rings. The summed E-state index contributed by atoms with van der Waals surface area (Å²) in [7, 11) is 0. The monoisotopic (exact) mass is 404 g/mol. The number of hydrogen-bond donors (Lipinski definition) is 0. The van der Waals surface area contributed by atoms with Crippen LogP contribution in [0.5, 0.6) is 5.75 Å². The number of aryl methyl sites for hydroxylation is 2. The fraction of sp³-hybridized carbons (Fsp3) is 0.385. The summed E-state index contributed by atoms with van der Waals surface area (Å²) in [5, 5.41) is 0.908. The molecule has 1 aliphatic rings. The number of carbonyl (C=O) groups excluding carboxylic acids is 2. The van der Waals surface area contributed by atoms with Crippen molar-refractivity contribution in [2.75, 3.05) is 0 Å². The van der Waals surface area contributed by atoms with Gasteiger partial charge < -0.3 is 9.15 Å². The molecule has 0 bridgehead atoms. The summed E-state index contributed by atoms with van der Waals surface area (Å²) in [5.41, 5.74) is 3.01. The first kappa shape index (κ1) is 20.4. The molecule has 1 aromatic heterocycles. The van der Waals surface area contributed by atoms with Crippen molar-refractivity contribution < 1.29 is 18.7 Å². The topological polar surface area (TPSA) is 56.5 Å². The third-order valence-corrected chi connectivity index (χ3v) is 5.67. The van der Waals surface area contributed by atoms with Gasteiger partial charge in [0.1, 0.15) is 17.1 Å². The molecule has 4 heteroatoms. The molecule has 4 nitrogen and oxygen atoms in total. The Balaban J connectivity index is 1.83. The zero-order valence-corrected chi connectivity index (χ0v) is 18.1. The maximum Gasteiger partial charge on any atom is 0.202 e. The number of carbonyl (C=O) groups is 2. The van der Waals surface area contributed by atoms with Crippen molar-refractivity contribution in [1.82, 2.24) is 0 Å². The van der Waals surface area contributed by atoms with Crippen LogP contribution < -0.4 is 4.74 Å². The van der Waals surface area contributed by atoms with Crippen LogP contribution in [0.2, 0.25) is 0 Å². The van der Waals surface area contributed by atoms with Gasteiger partial charge in [0.05, 0.1) is 17.2 Å². The van der Waals surface area contributed by atoms with Gasteiger partial charge in [-0.15, -0.1) is 0 Å². The molecule has 0 spiro atoms. The molecule has 4 rings (SSSR count). The normalized spacial score (nSPS) is 13.1. The average Bonchev–Trinajstić information content (AvgIpc) is 3.13. The van der Waals surface area contributed by atoms with E-state index in [-0.39, 0.29) is 17.7 Å². The first-order chi connectivity index (χ1) is 14.4. The van der Waals surface area contributed by atoms with Crippen molar-refractivity contribution in [1.29, 1.82) is 0 Å². The summed E-state index contributed by atoms with van der Waals surface area (Å²) < 4.78 is 12.0. The number of furan rings is 1. The van der Waals surface area contributed by atoms with Gasteiger partial charge in [-0.05, 0) is 51.0 Å². The third-order valence-electron chi connectivity index (χ3n) is 5.67. The van der Waals surface area contributed by atoms with E-state index in [1.54, 1.807) is 18.2 Å². The lowest BCUT2D eigenvalue weighted by Gasteiger charge is -2.22. The second kappa shape index (κ2) is 8.10. The van der Waals surface area contributed by atoms with Crippen molar-refractivity contribution >= 4 is 22.5 Å². The summed E-state index contributed by atoms with van der Waals surface area (Å²) in [4.78, 5) is 26.9. The summed E-state index contributed by atoms with van der Waals surface area (Å²) >= 11 is 0. The van der Waals surface area contributed by atoms with Crippen molar-refractivity contribution in [2.24, 2.45) is 0 Å². The van der Waals surface area contributed by atoms with E-state index in [0.717, 1.165) is 36.0 Å². The quantitative estimate of drug-likeness (QED) is 0.333. The largest absolute Gasteiger partial charge is 0.490 e. The number of ether oxygens (including phenoxy) is 1. The first-order valence-corrected chi connectivity index (χ1v) is 10.9. The lowest BCUT2D eigenvalue weighted by molar-refractivity contribution is 0.0974. The fourth-order valence-electron chi connectivity index (χ4n) is 4.24. The van der Waals surface area contributed by atoms with E-state index in [0.29, 0.717) is 33.6 Å². The number of fused-ring (bicyclic) bond motifs is 4. The van der Waals surface area contributed by atoms with E-state index in [1.807, 2.05) is 32.9 Å². The second-order valence-electron chi connectivity index (χ2n) is 8.39. The number of rotatable bonds is 7. The van der Waals surface area contributed by atoms with Crippen molar-refractivity contribution in [3.05, 3.63) is 63.9 Å². The van der Waals surface area contributed by atoms with E-state index in [4.69, 9.17) is 9.15 Å². The summed E-state index contributed by atoms with van der Waals surface area (Å²) in [5.74, 6) is 0.967. The van der Waals surface area contributed by atoms with Crippen molar-refractivity contribution in [2.45, 2.75) is 65.9 Å². The van der Waals surface area contributed by atoms with Crippen LogP contribution in [0.15, 0.2) is 34.7 Å². The van der Waals surface area contributed by atoms with Gasteiger partial charge in [-0.25, -0.2) is 0 Å². The summed E-state index contributed by atoms with van der Waals surface area (Å²) in [6.45, 7) is 7.96. The van der Waals surface area contributed by atoms with Crippen LogP contribution in [0.1, 0.15) is 89.6 Å². The molecule has 3 aromatic rings. The molecule has 0 atom stereocenters. The third kappa shape index (κ3) is 3.45. The highest BCUT2D eigenvalue weighted by Crippen LogP contribution is 2.39. The maximum absolute atomic E-state index is 13.6. The maximum atomic E-state index is 13.6. The Morgan fingerprint density at radius 1 is 0.967 bits per heavy atom. The predicted molar refractivity (Wildman–Crippen MR) is 118 cm³/mol. The molecular formula is C26H28O4. The molecule has 0 radical (unpaired) electrons. The van der Waals surface area contributed by atoms with E-state index in [9.17, 15) is 9.59 Å². The highest BCUT2D eigenvalue weighted by atomic mass is 16.5. The molecule has 1 heterocycles. The molecule has 2 aromatic carbocycles. The van der Waals surface area contributed by atoms with E-state index in [1.165, 1.54) is 12.8 Å². The summed E-state index contributed by atoms with van der Waals surface area (Å²) in [6.07, 6.45) is 5.34. The molecule has 0 saturated carbocycles. The molecule has 1 aliphatic carbocycles. The number of benzene rings is 2. The lowest BCUT2D eigenvalue weighted by Crippen LogP contribution is -2.23. The van der Waals surface area contributed by atoms with Crippen molar-refractivity contribution in [3.63, 3.8) is 0 Å². The Morgan fingerprint density at radius 2 is 1.77 bits per heavy atom.